The van der Waals surface area contributed by atoms with Crippen LogP contribution in [0.4, 0.5) is 0 Å². The number of rotatable bonds is 2. The van der Waals surface area contributed by atoms with Gasteiger partial charge in [-0.25, -0.2) is 0 Å². The molecule has 0 aromatic heterocycles. The van der Waals surface area contributed by atoms with Crippen molar-refractivity contribution in [1.82, 2.24) is 5.32 Å². The van der Waals surface area contributed by atoms with Gasteiger partial charge >= 0.3 is 0 Å². The number of allylic oxidation sites excluding steroid dienone is 2. The van der Waals surface area contributed by atoms with E-state index in [0.29, 0.717) is 5.57 Å². The quantitative estimate of drug-likeness (QED) is 0.430. The van der Waals surface area contributed by atoms with Crippen LogP contribution in [0.25, 0.3) is 0 Å². The van der Waals surface area contributed by atoms with E-state index in [1.54, 1.807) is 26.1 Å². The van der Waals surface area contributed by atoms with Crippen molar-refractivity contribution in [3.63, 3.8) is 0 Å². The number of carbonyl (C=O) groups is 1. The van der Waals surface area contributed by atoms with E-state index in [1.807, 2.05) is 0 Å². The summed E-state index contributed by atoms with van der Waals surface area (Å²) in [7, 11) is 1.60. The van der Waals surface area contributed by atoms with Gasteiger partial charge in [0.25, 0.3) is 0 Å². The van der Waals surface area contributed by atoms with E-state index < -0.39 is 0 Å². The van der Waals surface area contributed by atoms with Crippen molar-refractivity contribution in [3.05, 3.63) is 24.3 Å². The molecule has 0 spiro atoms. The van der Waals surface area contributed by atoms with Gasteiger partial charge in [-0.05, 0) is 6.92 Å². The van der Waals surface area contributed by atoms with Crippen molar-refractivity contribution >= 4 is 5.91 Å². The van der Waals surface area contributed by atoms with Crippen molar-refractivity contribution in [2.45, 2.75) is 6.92 Å². The molecule has 0 aromatic rings. The van der Waals surface area contributed by atoms with Gasteiger partial charge in [0, 0.05) is 12.6 Å². The molecule has 0 aromatic carbocycles. The molecule has 0 bridgehead atoms. The van der Waals surface area contributed by atoms with Gasteiger partial charge in [-0.1, -0.05) is 18.7 Å². The van der Waals surface area contributed by atoms with Crippen LogP contribution >= 0.6 is 0 Å². The lowest BCUT2D eigenvalue weighted by atomic mass is 10.2. The number of carbonyl (C=O) groups excluding carboxylic acids is 1. The normalized spacial score (nSPS) is 10.7. The molecular formula is C7H11NO. The van der Waals surface area contributed by atoms with Crippen molar-refractivity contribution in [1.29, 1.82) is 0 Å². The molecule has 0 aliphatic heterocycles. The third-order valence-electron chi connectivity index (χ3n) is 0.953. The smallest absolute Gasteiger partial charge is 0.246 e. The van der Waals surface area contributed by atoms with Gasteiger partial charge in [-0.3, -0.25) is 4.79 Å². The summed E-state index contributed by atoms with van der Waals surface area (Å²) in [5, 5.41) is 2.49. The minimum atomic E-state index is -0.0603. The van der Waals surface area contributed by atoms with E-state index in [2.05, 4.69) is 11.9 Å². The van der Waals surface area contributed by atoms with E-state index in [9.17, 15) is 4.79 Å². The average molecular weight is 125 g/mol. The highest BCUT2D eigenvalue weighted by Gasteiger charge is 1.95. The second-order valence-electron chi connectivity index (χ2n) is 1.66. The van der Waals surface area contributed by atoms with Crippen LogP contribution in [0.2, 0.25) is 0 Å². The van der Waals surface area contributed by atoms with Gasteiger partial charge in [0.2, 0.25) is 5.91 Å². The molecule has 2 heteroatoms. The van der Waals surface area contributed by atoms with Gasteiger partial charge in [-0.2, -0.15) is 0 Å². The molecular weight excluding hydrogens is 114 g/mol. The number of amides is 1. The summed E-state index contributed by atoms with van der Waals surface area (Å²) in [6.07, 6.45) is 3.25. The molecule has 0 rings (SSSR count). The van der Waals surface area contributed by atoms with Crippen LogP contribution in [-0.4, -0.2) is 13.0 Å². The van der Waals surface area contributed by atoms with Gasteiger partial charge in [0.15, 0.2) is 0 Å². The van der Waals surface area contributed by atoms with Crippen molar-refractivity contribution < 1.29 is 4.79 Å². The highest BCUT2D eigenvalue weighted by Crippen LogP contribution is 1.90. The zero-order chi connectivity index (χ0) is 7.28. The van der Waals surface area contributed by atoms with Crippen molar-refractivity contribution in [2.75, 3.05) is 7.05 Å². The fraction of sp³-hybridized carbons (Fsp3) is 0.286. The SMILES string of the molecule is C=C/C=C(/C)C(=O)NC. The lowest BCUT2D eigenvalue weighted by Gasteiger charge is -1.94. The van der Waals surface area contributed by atoms with E-state index in [-0.39, 0.29) is 5.91 Å². The van der Waals surface area contributed by atoms with Crippen LogP contribution in [0.15, 0.2) is 24.3 Å². The van der Waals surface area contributed by atoms with Crippen LogP contribution < -0.4 is 5.32 Å². The maximum atomic E-state index is 10.7. The summed E-state index contributed by atoms with van der Waals surface area (Å²) >= 11 is 0. The third-order valence-corrected chi connectivity index (χ3v) is 0.953. The van der Waals surface area contributed by atoms with Crippen LogP contribution in [0.3, 0.4) is 0 Å². The molecule has 0 aliphatic carbocycles. The van der Waals surface area contributed by atoms with Crippen LogP contribution in [0.1, 0.15) is 6.92 Å². The van der Waals surface area contributed by atoms with Gasteiger partial charge in [0.1, 0.15) is 0 Å². The van der Waals surface area contributed by atoms with E-state index in [0.717, 1.165) is 0 Å². The fourth-order valence-corrected chi connectivity index (χ4v) is 0.450. The Labute approximate surface area is 55.3 Å². The third kappa shape index (κ3) is 2.69. The molecule has 0 atom stereocenters. The molecule has 1 amide bonds. The average Bonchev–Trinajstić information content (AvgIpc) is 1.87. The molecule has 0 heterocycles. The highest BCUT2D eigenvalue weighted by atomic mass is 16.1. The Morgan fingerprint density at radius 3 is 2.56 bits per heavy atom. The maximum Gasteiger partial charge on any atom is 0.246 e. The first-order valence-electron chi connectivity index (χ1n) is 2.73. The fourth-order valence-electron chi connectivity index (χ4n) is 0.450. The number of hydrogen-bond acceptors (Lipinski definition) is 1. The predicted molar refractivity (Wildman–Crippen MR) is 38.0 cm³/mol. The Bertz CT molecular complexity index is 147. The van der Waals surface area contributed by atoms with Crippen LogP contribution in [0, 0.1) is 0 Å². The summed E-state index contributed by atoms with van der Waals surface area (Å²) in [4.78, 5) is 10.7. The standard InChI is InChI=1S/C7H11NO/c1-4-5-6(2)7(9)8-3/h4-5H,1H2,2-3H3,(H,8,9)/b6-5-. The molecule has 0 unspecified atom stereocenters. The van der Waals surface area contributed by atoms with Crippen molar-refractivity contribution in [3.8, 4) is 0 Å². The Balaban J connectivity index is 4.01. The van der Waals surface area contributed by atoms with E-state index in [4.69, 9.17) is 0 Å². The lowest BCUT2D eigenvalue weighted by molar-refractivity contribution is -0.116. The van der Waals surface area contributed by atoms with Crippen molar-refractivity contribution in [2.24, 2.45) is 0 Å². The van der Waals surface area contributed by atoms with Crippen LogP contribution in [-0.2, 0) is 4.79 Å². The van der Waals surface area contributed by atoms with Gasteiger partial charge in [-0.15, -0.1) is 0 Å². The molecule has 50 valence electrons. The molecule has 9 heavy (non-hydrogen) atoms. The Hall–Kier alpha value is -1.05. The number of hydrogen-bond donors (Lipinski definition) is 1. The van der Waals surface area contributed by atoms with E-state index in [1.165, 1.54) is 0 Å². The molecule has 1 N–H and O–H groups in total. The van der Waals surface area contributed by atoms with Gasteiger partial charge < -0.3 is 5.32 Å². The molecule has 0 fully saturated rings. The summed E-state index contributed by atoms with van der Waals surface area (Å²) in [6.45, 7) is 5.20. The molecule has 0 saturated carbocycles. The van der Waals surface area contributed by atoms with Gasteiger partial charge in [0.05, 0.1) is 0 Å². The largest absolute Gasteiger partial charge is 0.355 e. The van der Waals surface area contributed by atoms with E-state index >= 15 is 0 Å². The first kappa shape index (κ1) is 7.95. The number of likely N-dealkylation sites (N-methyl/N-ethyl adjacent to an activating group) is 1. The minimum absolute atomic E-state index is 0.0603. The summed E-state index contributed by atoms with van der Waals surface area (Å²) in [6, 6.07) is 0. The monoisotopic (exact) mass is 125 g/mol. The summed E-state index contributed by atoms with van der Waals surface area (Å²) in [5.74, 6) is -0.0603. The minimum Gasteiger partial charge on any atom is -0.355 e. The molecule has 0 radical (unpaired) electrons. The second kappa shape index (κ2) is 3.89. The Kier molecular flexibility index (Phi) is 3.44. The summed E-state index contributed by atoms with van der Waals surface area (Å²) in [5.41, 5.74) is 0.674. The zero-order valence-corrected chi connectivity index (χ0v) is 5.77. The number of nitrogens with one attached hydrogen (secondary N) is 1. The maximum absolute atomic E-state index is 10.7. The Morgan fingerprint density at radius 1 is 1.67 bits per heavy atom. The first-order valence-corrected chi connectivity index (χ1v) is 2.73. The second-order valence-corrected chi connectivity index (χ2v) is 1.66. The Morgan fingerprint density at radius 2 is 2.22 bits per heavy atom. The molecule has 0 saturated heterocycles. The molecule has 0 aliphatic rings. The summed E-state index contributed by atoms with van der Waals surface area (Å²) < 4.78 is 0. The van der Waals surface area contributed by atoms with Crippen LogP contribution in [0.5, 0.6) is 0 Å². The highest BCUT2D eigenvalue weighted by molar-refractivity contribution is 5.92. The first-order chi connectivity index (χ1) is 4.22. The topological polar surface area (TPSA) is 29.1 Å². The zero-order valence-electron chi connectivity index (χ0n) is 5.77. The lowest BCUT2D eigenvalue weighted by Crippen LogP contribution is -2.18. The predicted octanol–water partition coefficient (Wildman–Crippen LogP) is 0.865. The molecule has 2 nitrogen and oxygen atoms in total.